The molecule has 1 saturated heterocycles. The average molecular weight is 209 g/mol. The minimum atomic E-state index is -0.295. The molecule has 2 rings (SSSR count). The monoisotopic (exact) mass is 209 g/mol. The van der Waals surface area contributed by atoms with Crippen molar-refractivity contribution in [3.05, 3.63) is 22.2 Å². The van der Waals surface area contributed by atoms with E-state index >= 15 is 0 Å². The molecule has 5 heteroatoms. The molecule has 0 bridgehead atoms. The Labute approximate surface area is 87.8 Å². The van der Waals surface area contributed by atoms with Crippen LogP contribution in [-0.2, 0) is 6.42 Å². The number of nitrogens with zero attached hydrogens (tertiary/aromatic N) is 2. The molecule has 0 spiro atoms. The van der Waals surface area contributed by atoms with Gasteiger partial charge in [0.25, 0.3) is 5.56 Å². The molecule has 1 unspecified atom stereocenters. The number of aromatic amines is 1. The molecule has 1 aliphatic heterocycles. The first-order valence-electron chi connectivity index (χ1n) is 5.22. The van der Waals surface area contributed by atoms with Crippen LogP contribution in [0.4, 0.5) is 5.82 Å². The standard InChI is InChI=1S/C10H15N3O2/c1-2-8-11-9(5-10(15)12-8)13-4-3-7(14)6-13/h5,7,14H,2-4,6H2,1H3,(H,11,12,15). The van der Waals surface area contributed by atoms with E-state index in [2.05, 4.69) is 9.97 Å². The van der Waals surface area contributed by atoms with Gasteiger partial charge in [-0.2, -0.15) is 0 Å². The largest absolute Gasteiger partial charge is 0.391 e. The lowest BCUT2D eigenvalue weighted by atomic mass is 10.3. The minimum Gasteiger partial charge on any atom is -0.391 e. The Hall–Kier alpha value is -1.36. The topological polar surface area (TPSA) is 69.2 Å². The highest BCUT2D eigenvalue weighted by molar-refractivity contribution is 5.39. The third-order valence-electron chi connectivity index (χ3n) is 2.60. The normalized spacial score (nSPS) is 20.9. The number of H-pyrrole nitrogens is 1. The Balaban J connectivity index is 2.28. The maximum Gasteiger partial charge on any atom is 0.252 e. The van der Waals surface area contributed by atoms with Crippen LogP contribution < -0.4 is 10.5 Å². The summed E-state index contributed by atoms with van der Waals surface area (Å²) >= 11 is 0. The molecule has 2 heterocycles. The van der Waals surface area contributed by atoms with Gasteiger partial charge < -0.3 is 15.0 Å². The van der Waals surface area contributed by atoms with E-state index in [0.717, 1.165) is 13.0 Å². The predicted molar refractivity (Wildman–Crippen MR) is 57.1 cm³/mol. The highest BCUT2D eigenvalue weighted by Gasteiger charge is 2.21. The third kappa shape index (κ3) is 2.18. The molecule has 1 fully saturated rings. The first-order valence-corrected chi connectivity index (χ1v) is 5.22. The van der Waals surface area contributed by atoms with E-state index in [1.807, 2.05) is 11.8 Å². The fourth-order valence-corrected chi connectivity index (χ4v) is 1.77. The van der Waals surface area contributed by atoms with Crippen molar-refractivity contribution in [2.75, 3.05) is 18.0 Å². The van der Waals surface area contributed by atoms with Crippen molar-refractivity contribution in [3.63, 3.8) is 0 Å². The Morgan fingerprint density at radius 2 is 2.53 bits per heavy atom. The zero-order valence-electron chi connectivity index (χ0n) is 8.73. The Kier molecular flexibility index (Phi) is 2.73. The molecule has 82 valence electrons. The fourth-order valence-electron chi connectivity index (χ4n) is 1.77. The van der Waals surface area contributed by atoms with Crippen LogP contribution in [0.25, 0.3) is 0 Å². The highest BCUT2D eigenvalue weighted by atomic mass is 16.3. The van der Waals surface area contributed by atoms with E-state index in [1.165, 1.54) is 6.07 Å². The number of aryl methyl sites for hydroxylation is 1. The number of hydrogen-bond acceptors (Lipinski definition) is 4. The summed E-state index contributed by atoms with van der Waals surface area (Å²) < 4.78 is 0. The molecular formula is C10H15N3O2. The summed E-state index contributed by atoms with van der Waals surface area (Å²) in [6.45, 7) is 3.28. The second kappa shape index (κ2) is 4.02. The summed E-state index contributed by atoms with van der Waals surface area (Å²) in [6, 6.07) is 1.48. The van der Waals surface area contributed by atoms with Crippen LogP contribution in [0.2, 0.25) is 0 Å². The lowest BCUT2D eigenvalue weighted by molar-refractivity contribution is 0.198. The molecule has 2 N–H and O–H groups in total. The van der Waals surface area contributed by atoms with Gasteiger partial charge in [0.05, 0.1) is 6.10 Å². The number of hydrogen-bond donors (Lipinski definition) is 2. The first-order chi connectivity index (χ1) is 7.19. The summed E-state index contributed by atoms with van der Waals surface area (Å²) in [5.41, 5.74) is -0.127. The quantitative estimate of drug-likeness (QED) is 0.714. The fraction of sp³-hybridized carbons (Fsp3) is 0.600. The molecular weight excluding hydrogens is 194 g/mol. The Bertz CT molecular complexity index is 402. The minimum absolute atomic E-state index is 0.127. The third-order valence-corrected chi connectivity index (χ3v) is 2.60. The van der Waals surface area contributed by atoms with Crippen LogP contribution in [0, 0.1) is 0 Å². The van der Waals surface area contributed by atoms with Gasteiger partial charge in [-0.15, -0.1) is 0 Å². The molecule has 0 amide bonds. The molecule has 1 aromatic rings. The number of aromatic nitrogens is 2. The molecule has 0 aromatic carbocycles. The molecule has 0 radical (unpaired) electrons. The van der Waals surface area contributed by atoms with Gasteiger partial charge in [0.1, 0.15) is 11.6 Å². The molecule has 5 nitrogen and oxygen atoms in total. The molecule has 0 saturated carbocycles. The number of anilines is 1. The molecule has 1 aliphatic rings. The maximum atomic E-state index is 11.3. The summed E-state index contributed by atoms with van der Waals surface area (Å²) in [6.07, 6.45) is 1.16. The second-order valence-electron chi connectivity index (χ2n) is 3.79. The van der Waals surface area contributed by atoms with Gasteiger partial charge >= 0.3 is 0 Å². The number of β-amino-alcohol motifs (C(OH)–C–C–N with tert-alkyl or cyclic N) is 1. The highest BCUT2D eigenvalue weighted by Crippen LogP contribution is 2.16. The van der Waals surface area contributed by atoms with Crippen molar-refractivity contribution in [1.82, 2.24) is 9.97 Å². The Morgan fingerprint density at radius 3 is 3.13 bits per heavy atom. The summed E-state index contributed by atoms with van der Waals surface area (Å²) in [7, 11) is 0. The number of aliphatic hydroxyl groups excluding tert-OH is 1. The summed E-state index contributed by atoms with van der Waals surface area (Å²) in [4.78, 5) is 20.3. The van der Waals surface area contributed by atoms with Crippen molar-refractivity contribution >= 4 is 5.82 Å². The van der Waals surface area contributed by atoms with E-state index < -0.39 is 0 Å². The number of nitrogens with one attached hydrogen (secondary N) is 1. The van der Waals surface area contributed by atoms with Crippen LogP contribution in [0.1, 0.15) is 19.2 Å². The predicted octanol–water partition coefficient (Wildman–Crippen LogP) is -0.0967. The van der Waals surface area contributed by atoms with Gasteiger partial charge in [-0.05, 0) is 6.42 Å². The molecule has 1 aromatic heterocycles. The van der Waals surface area contributed by atoms with E-state index in [0.29, 0.717) is 24.6 Å². The Morgan fingerprint density at radius 1 is 1.73 bits per heavy atom. The van der Waals surface area contributed by atoms with Crippen molar-refractivity contribution in [1.29, 1.82) is 0 Å². The van der Waals surface area contributed by atoms with Crippen LogP contribution in [0.5, 0.6) is 0 Å². The van der Waals surface area contributed by atoms with Gasteiger partial charge in [0, 0.05) is 25.6 Å². The lowest BCUT2D eigenvalue weighted by Crippen LogP contribution is -2.25. The van der Waals surface area contributed by atoms with Gasteiger partial charge in [-0.25, -0.2) is 4.98 Å². The molecule has 1 atom stereocenters. The van der Waals surface area contributed by atoms with Crippen molar-refractivity contribution in [3.8, 4) is 0 Å². The van der Waals surface area contributed by atoms with Gasteiger partial charge in [-0.1, -0.05) is 6.92 Å². The van der Waals surface area contributed by atoms with Crippen LogP contribution >= 0.6 is 0 Å². The average Bonchev–Trinajstić information content (AvgIpc) is 2.64. The van der Waals surface area contributed by atoms with Gasteiger partial charge in [0.15, 0.2) is 0 Å². The summed E-state index contributed by atoms with van der Waals surface area (Å²) in [5.74, 6) is 1.37. The van der Waals surface area contributed by atoms with Crippen molar-refractivity contribution in [2.45, 2.75) is 25.9 Å². The lowest BCUT2D eigenvalue weighted by Gasteiger charge is -2.16. The van der Waals surface area contributed by atoms with Crippen LogP contribution in [0.3, 0.4) is 0 Å². The smallest absolute Gasteiger partial charge is 0.252 e. The van der Waals surface area contributed by atoms with Crippen LogP contribution in [0.15, 0.2) is 10.9 Å². The van der Waals surface area contributed by atoms with Crippen LogP contribution in [-0.4, -0.2) is 34.3 Å². The first kappa shape index (κ1) is 10.2. The van der Waals surface area contributed by atoms with Crippen molar-refractivity contribution in [2.24, 2.45) is 0 Å². The van der Waals surface area contributed by atoms with Gasteiger partial charge in [0.2, 0.25) is 0 Å². The summed E-state index contributed by atoms with van der Waals surface area (Å²) in [5, 5.41) is 9.40. The zero-order valence-corrected chi connectivity index (χ0v) is 8.73. The van der Waals surface area contributed by atoms with Crippen molar-refractivity contribution < 1.29 is 5.11 Å². The SMILES string of the molecule is CCc1nc(N2CCC(O)C2)cc(=O)[nH]1. The second-order valence-corrected chi connectivity index (χ2v) is 3.79. The molecule has 15 heavy (non-hydrogen) atoms. The number of aliphatic hydroxyl groups is 1. The molecule has 0 aliphatic carbocycles. The van der Waals surface area contributed by atoms with E-state index in [4.69, 9.17) is 0 Å². The maximum absolute atomic E-state index is 11.3. The van der Waals surface area contributed by atoms with E-state index in [1.54, 1.807) is 0 Å². The van der Waals surface area contributed by atoms with E-state index in [9.17, 15) is 9.90 Å². The number of rotatable bonds is 2. The zero-order chi connectivity index (χ0) is 10.8. The van der Waals surface area contributed by atoms with Gasteiger partial charge in [-0.3, -0.25) is 4.79 Å². The van der Waals surface area contributed by atoms with E-state index in [-0.39, 0.29) is 11.7 Å².